The summed E-state index contributed by atoms with van der Waals surface area (Å²) in [6.07, 6.45) is 0. The molecule has 2 aliphatic heterocycles. The van der Waals surface area contributed by atoms with E-state index < -0.39 is 5.60 Å². The molecule has 0 bridgehead atoms. The maximum Gasteiger partial charge on any atom is 0.195 e. The number of para-hydroxylation sites is 1. The molecule has 0 saturated heterocycles. The van der Waals surface area contributed by atoms with Gasteiger partial charge in [0.05, 0.1) is 0 Å². The quantitative estimate of drug-likeness (QED) is 0.516. The van der Waals surface area contributed by atoms with Gasteiger partial charge in [-0.1, -0.05) is 41.4 Å². The molecule has 0 unspecified atom stereocenters. The smallest absolute Gasteiger partial charge is 0.195 e. The Kier molecular flexibility index (Phi) is 2.56. The average molecular weight is 341 g/mol. The van der Waals surface area contributed by atoms with Crippen molar-refractivity contribution in [1.82, 2.24) is 0 Å². The number of hydrogen-bond acceptors (Lipinski definition) is 2. The zero-order chi connectivity index (χ0) is 15.6. The van der Waals surface area contributed by atoms with Crippen molar-refractivity contribution in [3.05, 3.63) is 87.4 Å². The van der Waals surface area contributed by atoms with Crippen molar-refractivity contribution < 1.29 is 9.47 Å². The summed E-state index contributed by atoms with van der Waals surface area (Å²) in [6, 6.07) is 19.3. The number of fused-ring (bicyclic) bond motifs is 6. The minimum absolute atomic E-state index is 0.622. The molecule has 23 heavy (non-hydrogen) atoms. The van der Waals surface area contributed by atoms with E-state index in [-0.39, 0.29) is 0 Å². The Balaban J connectivity index is 1.86. The van der Waals surface area contributed by atoms with E-state index in [9.17, 15) is 0 Å². The SMILES string of the molecule is Clc1ccc2c(c1)Oc1cc(Cl)ccc1C21Oc2ccccc21. The van der Waals surface area contributed by atoms with Crippen LogP contribution in [0, 0.1) is 0 Å². The lowest BCUT2D eigenvalue weighted by molar-refractivity contribution is 0.0851. The van der Waals surface area contributed by atoms with Crippen molar-refractivity contribution in [2.45, 2.75) is 5.60 Å². The van der Waals surface area contributed by atoms with Crippen LogP contribution in [0.4, 0.5) is 0 Å². The molecule has 3 aromatic carbocycles. The van der Waals surface area contributed by atoms with Crippen molar-refractivity contribution in [3.8, 4) is 17.2 Å². The van der Waals surface area contributed by atoms with Gasteiger partial charge in [-0.3, -0.25) is 0 Å². The van der Waals surface area contributed by atoms with Gasteiger partial charge in [0.2, 0.25) is 0 Å². The van der Waals surface area contributed by atoms with E-state index in [1.807, 2.05) is 54.6 Å². The Hall–Kier alpha value is -2.16. The molecule has 0 N–H and O–H groups in total. The second kappa shape index (κ2) is 4.44. The highest BCUT2D eigenvalue weighted by Crippen LogP contribution is 2.59. The first-order chi connectivity index (χ1) is 11.2. The molecular weight excluding hydrogens is 331 g/mol. The summed E-state index contributed by atoms with van der Waals surface area (Å²) in [5.74, 6) is 2.28. The van der Waals surface area contributed by atoms with E-state index >= 15 is 0 Å². The Labute approximate surface area is 143 Å². The molecule has 4 heteroatoms. The summed E-state index contributed by atoms with van der Waals surface area (Å²) in [4.78, 5) is 0. The van der Waals surface area contributed by atoms with E-state index in [0.717, 1.165) is 22.4 Å². The number of ether oxygens (including phenoxy) is 2. The molecule has 5 rings (SSSR count). The van der Waals surface area contributed by atoms with E-state index in [0.29, 0.717) is 21.5 Å². The van der Waals surface area contributed by atoms with E-state index in [1.54, 1.807) is 0 Å². The van der Waals surface area contributed by atoms with E-state index in [2.05, 4.69) is 6.07 Å². The highest BCUT2D eigenvalue weighted by Gasteiger charge is 2.53. The van der Waals surface area contributed by atoms with Gasteiger partial charge in [-0.05, 0) is 42.5 Å². The third-order valence-corrected chi connectivity index (χ3v) is 4.87. The molecule has 0 aromatic heterocycles. The largest absolute Gasteiger partial charge is 0.472 e. The molecular formula is C19H10Cl2O2. The van der Waals surface area contributed by atoms with Crippen molar-refractivity contribution in [2.24, 2.45) is 0 Å². The van der Waals surface area contributed by atoms with Crippen molar-refractivity contribution in [3.63, 3.8) is 0 Å². The van der Waals surface area contributed by atoms with Gasteiger partial charge in [0.15, 0.2) is 5.60 Å². The maximum atomic E-state index is 6.28. The number of halogens is 2. The number of benzene rings is 3. The van der Waals surface area contributed by atoms with Crippen LogP contribution in [0.5, 0.6) is 17.2 Å². The van der Waals surface area contributed by atoms with Gasteiger partial charge < -0.3 is 9.47 Å². The molecule has 0 fully saturated rings. The van der Waals surface area contributed by atoms with Crippen LogP contribution >= 0.6 is 23.2 Å². The molecule has 0 amide bonds. The van der Waals surface area contributed by atoms with Crippen LogP contribution in [0.1, 0.15) is 16.7 Å². The highest BCUT2D eigenvalue weighted by atomic mass is 35.5. The first-order valence-electron chi connectivity index (χ1n) is 7.25. The molecule has 0 radical (unpaired) electrons. The summed E-state index contributed by atoms with van der Waals surface area (Å²) < 4.78 is 12.3. The van der Waals surface area contributed by atoms with Crippen LogP contribution in [0.3, 0.4) is 0 Å². The summed E-state index contributed by atoms with van der Waals surface area (Å²) in [5, 5.41) is 1.24. The fourth-order valence-electron chi connectivity index (χ4n) is 3.43. The molecule has 0 saturated carbocycles. The minimum atomic E-state index is -0.658. The van der Waals surface area contributed by atoms with Gasteiger partial charge in [0.1, 0.15) is 17.2 Å². The second-order valence-electron chi connectivity index (χ2n) is 5.66. The molecule has 2 nitrogen and oxygen atoms in total. The van der Waals surface area contributed by atoms with Gasteiger partial charge >= 0.3 is 0 Å². The molecule has 0 atom stereocenters. The monoisotopic (exact) mass is 340 g/mol. The summed E-state index contributed by atoms with van der Waals surface area (Å²) in [6.45, 7) is 0. The normalized spacial score (nSPS) is 15.6. The standard InChI is InChI=1S/C19H10Cl2O2/c20-11-5-7-14-17(9-11)22-18-10-12(21)6-8-15(18)19(14)13-3-1-2-4-16(13)23-19/h1-10H. The first kappa shape index (κ1) is 13.3. The zero-order valence-corrected chi connectivity index (χ0v) is 13.4. The van der Waals surface area contributed by atoms with Gasteiger partial charge in [0, 0.05) is 26.7 Å². The van der Waals surface area contributed by atoms with Gasteiger partial charge in [-0.25, -0.2) is 0 Å². The van der Waals surface area contributed by atoms with Gasteiger partial charge in [0.25, 0.3) is 0 Å². The van der Waals surface area contributed by atoms with Crippen LogP contribution in [0.15, 0.2) is 60.7 Å². The topological polar surface area (TPSA) is 18.5 Å². The Bertz CT molecular complexity index is 914. The number of hydrogen-bond donors (Lipinski definition) is 0. The fourth-order valence-corrected chi connectivity index (χ4v) is 3.75. The molecule has 3 aromatic rings. The van der Waals surface area contributed by atoms with Crippen molar-refractivity contribution >= 4 is 23.2 Å². The molecule has 112 valence electrons. The third kappa shape index (κ3) is 1.65. The molecule has 2 aliphatic rings. The first-order valence-corrected chi connectivity index (χ1v) is 8.00. The van der Waals surface area contributed by atoms with Crippen LogP contribution < -0.4 is 9.47 Å². The van der Waals surface area contributed by atoms with Crippen LogP contribution in [0.2, 0.25) is 10.0 Å². The van der Waals surface area contributed by atoms with E-state index in [1.165, 1.54) is 0 Å². The molecule has 2 heterocycles. The van der Waals surface area contributed by atoms with Gasteiger partial charge in [-0.2, -0.15) is 0 Å². The third-order valence-electron chi connectivity index (χ3n) is 4.40. The predicted molar refractivity (Wildman–Crippen MR) is 89.9 cm³/mol. The fraction of sp³-hybridized carbons (Fsp3) is 0.0526. The Morgan fingerprint density at radius 1 is 0.652 bits per heavy atom. The van der Waals surface area contributed by atoms with E-state index in [4.69, 9.17) is 32.7 Å². The lowest BCUT2D eigenvalue weighted by Gasteiger charge is -2.47. The molecule has 0 aliphatic carbocycles. The maximum absolute atomic E-state index is 6.28. The van der Waals surface area contributed by atoms with Gasteiger partial charge in [-0.15, -0.1) is 0 Å². The average Bonchev–Trinajstić information content (AvgIpc) is 2.52. The predicted octanol–water partition coefficient (Wildman–Crippen LogP) is 5.78. The van der Waals surface area contributed by atoms with Crippen LogP contribution in [-0.4, -0.2) is 0 Å². The summed E-state index contributed by atoms with van der Waals surface area (Å²) in [5.41, 5.74) is 2.37. The summed E-state index contributed by atoms with van der Waals surface area (Å²) in [7, 11) is 0. The van der Waals surface area contributed by atoms with Crippen molar-refractivity contribution in [2.75, 3.05) is 0 Å². The van der Waals surface area contributed by atoms with Crippen LogP contribution in [0.25, 0.3) is 0 Å². The Morgan fingerprint density at radius 2 is 1.22 bits per heavy atom. The second-order valence-corrected chi connectivity index (χ2v) is 6.54. The summed E-state index contributed by atoms with van der Waals surface area (Å²) >= 11 is 12.3. The number of rotatable bonds is 0. The highest BCUT2D eigenvalue weighted by molar-refractivity contribution is 6.31. The zero-order valence-electron chi connectivity index (χ0n) is 11.8. The minimum Gasteiger partial charge on any atom is -0.472 e. The lowest BCUT2D eigenvalue weighted by Crippen LogP contribution is -2.45. The molecule has 1 spiro atoms. The van der Waals surface area contributed by atoms with Crippen LogP contribution in [-0.2, 0) is 5.60 Å². The lowest BCUT2D eigenvalue weighted by atomic mass is 9.74. The van der Waals surface area contributed by atoms with Crippen molar-refractivity contribution in [1.29, 1.82) is 0 Å². The Morgan fingerprint density at radius 3 is 1.83 bits per heavy atom.